The first-order chi connectivity index (χ1) is 9.72. The summed E-state index contributed by atoms with van der Waals surface area (Å²) in [6.07, 6.45) is 4.61. The number of nitrogens with one attached hydrogen (secondary N) is 1. The van der Waals surface area contributed by atoms with Crippen LogP contribution < -0.4 is 5.32 Å². The Kier molecular flexibility index (Phi) is 4.17. The largest absolute Gasteiger partial charge is 0.348 e. The fourth-order valence-electron chi connectivity index (χ4n) is 2.56. The van der Waals surface area contributed by atoms with Crippen molar-refractivity contribution >= 4 is 28.6 Å². The van der Waals surface area contributed by atoms with Crippen LogP contribution in [0, 0.1) is 5.92 Å². The monoisotopic (exact) mass is 306 g/mol. The molecule has 2 aromatic rings. The maximum absolute atomic E-state index is 12.2. The smallest absolute Gasteiger partial charge is 0.270 e. The van der Waals surface area contributed by atoms with E-state index in [0.717, 1.165) is 28.6 Å². The Hall–Kier alpha value is -1.20. The van der Waals surface area contributed by atoms with Crippen molar-refractivity contribution in [3.8, 4) is 9.88 Å². The predicted octanol–water partition coefficient (Wildman–Crippen LogP) is 4.18. The SMILES string of the molecule is CC1CCC(NC(=O)c2csc(-c3cccs3)n2)CC1. The Morgan fingerprint density at radius 3 is 2.80 bits per heavy atom. The quantitative estimate of drug-likeness (QED) is 0.924. The Bertz CT molecular complexity index is 568. The summed E-state index contributed by atoms with van der Waals surface area (Å²) in [5, 5.41) is 7.94. The maximum Gasteiger partial charge on any atom is 0.270 e. The predicted molar refractivity (Wildman–Crippen MR) is 84.3 cm³/mol. The molecule has 0 aliphatic heterocycles. The van der Waals surface area contributed by atoms with Gasteiger partial charge in [-0.15, -0.1) is 22.7 Å². The molecule has 3 nitrogen and oxygen atoms in total. The van der Waals surface area contributed by atoms with Crippen LogP contribution in [0.5, 0.6) is 0 Å². The number of amides is 1. The van der Waals surface area contributed by atoms with Crippen LogP contribution in [0.4, 0.5) is 0 Å². The average molecular weight is 306 g/mol. The first-order valence-corrected chi connectivity index (χ1v) is 8.78. The van der Waals surface area contributed by atoms with E-state index >= 15 is 0 Å². The molecule has 0 spiro atoms. The molecule has 0 aromatic carbocycles. The lowest BCUT2D eigenvalue weighted by Crippen LogP contribution is -2.37. The van der Waals surface area contributed by atoms with Gasteiger partial charge in [-0.1, -0.05) is 13.0 Å². The second-order valence-corrected chi connectivity index (χ2v) is 7.25. The fourth-order valence-corrected chi connectivity index (χ4v) is 4.17. The lowest BCUT2D eigenvalue weighted by Gasteiger charge is -2.26. The van der Waals surface area contributed by atoms with Gasteiger partial charge < -0.3 is 5.32 Å². The van der Waals surface area contributed by atoms with E-state index in [4.69, 9.17) is 0 Å². The molecule has 1 aliphatic carbocycles. The number of rotatable bonds is 3. The molecule has 5 heteroatoms. The third-order valence-corrected chi connectivity index (χ3v) is 5.70. The van der Waals surface area contributed by atoms with Crippen LogP contribution in [0.15, 0.2) is 22.9 Å². The van der Waals surface area contributed by atoms with E-state index < -0.39 is 0 Å². The number of carbonyl (C=O) groups is 1. The number of nitrogens with zero attached hydrogens (tertiary/aromatic N) is 1. The molecule has 1 N–H and O–H groups in total. The molecule has 1 amide bonds. The van der Waals surface area contributed by atoms with Gasteiger partial charge in [-0.05, 0) is 43.0 Å². The van der Waals surface area contributed by atoms with E-state index in [1.165, 1.54) is 24.2 Å². The van der Waals surface area contributed by atoms with Gasteiger partial charge in [0.05, 0.1) is 4.88 Å². The lowest BCUT2D eigenvalue weighted by molar-refractivity contribution is 0.0918. The number of hydrogen-bond donors (Lipinski definition) is 1. The van der Waals surface area contributed by atoms with E-state index in [0.29, 0.717) is 11.7 Å². The standard InChI is InChI=1S/C15H18N2OS2/c1-10-4-6-11(7-5-10)16-14(18)12-9-20-15(17-12)13-3-2-8-19-13/h2-3,8-11H,4-7H2,1H3,(H,16,18). The molecule has 0 atom stereocenters. The second kappa shape index (κ2) is 6.06. The number of thiazole rings is 1. The summed E-state index contributed by atoms with van der Waals surface area (Å²) in [6.45, 7) is 2.28. The third kappa shape index (κ3) is 3.10. The Morgan fingerprint density at radius 1 is 1.30 bits per heavy atom. The molecule has 106 valence electrons. The molecule has 2 aromatic heterocycles. The van der Waals surface area contributed by atoms with Gasteiger partial charge >= 0.3 is 0 Å². The molecule has 0 radical (unpaired) electrons. The van der Waals surface area contributed by atoms with Gasteiger partial charge in [-0.2, -0.15) is 0 Å². The average Bonchev–Trinajstić information content (AvgIpc) is 3.11. The van der Waals surface area contributed by atoms with Crippen molar-refractivity contribution < 1.29 is 4.79 Å². The zero-order valence-corrected chi connectivity index (χ0v) is 13.1. The molecule has 1 saturated carbocycles. The van der Waals surface area contributed by atoms with Crippen LogP contribution in [0.2, 0.25) is 0 Å². The van der Waals surface area contributed by atoms with Crippen LogP contribution in [0.1, 0.15) is 43.1 Å². The van der Waals surface area contributed by atoms with Crippen LogP contribution in [-0.2, 0) is 0 Å². The summed E-state index contributed by atoms with van der Waals surface area (Å²) < 4.78 is 0. The molecule has 2 heterocycles. The highest BCUT2D eigenvalue weighted by Crippen LogP contribution is 2.28. The summed E-state index contributed by atoms with van der Waals surface area (Å²) in [7, 11) is 0. The zero-order valence-electron chi connectivity index (χ0n) is 11.5. The normalized spacial score (nSPS) is 22.6. The molecule has 0 saturated heterocycles. The molecule has 3 rings (SSSR count). The highest BCUT2D eigenvalue weighted by atomic mass is 32.1. The van der Waals surface area contributed by atoms with E-state index in [2.05, 4.69) is 17.2 Å². The molecule has 0 unspecified atom stereocenters. The van der Waals surface area contributed by atoms with Crippen molar-refractivity contribution in [2.24, 2.45) is 5.92 Å². The van der Waals surface area contributed by atoms with Crippen molar-refractivity contribution in [1.29, 1.82) is 0 Å². The summed E-state index contributed by atoms with van der Waals surface area (Å²) in [6, 6.07) is 4.36. The molecular formula is C15H18N2OS2. The van der Waals surface area contributed by atoms with Gasteiger partial charge in [-0.3, -0.25) is 4.79 Å². The lowest BCUT2D eigenvalue weighted by atomic mass is 9.87. The van der Waals surface area contributed by atoms with Crippen LogP contribution >= 0.6 is 22.7 Å². The van der Waals surface area contributed by atoms with Gasteiger partial charge in [0.15, 0.2) is 0 Å². The van der Waals surface area contributed by atoms with Crippen molar-refractivity contribution in [1.82, 2.24) is 10.3 Å². The Morgan fingerprint density at radius 2 is 2.10 bits per heavy atom. The second-order valence-electron chi connectivity index (χ2n) is 5.45. The summed E-state index contributed by atoms with van der Waals surface area (Å²) in [5.41, 5.74) is 0.553. The zero-order chi connectivity index (χ0) is 13.9. The minimum atomic E-state index is -0.0244. The van der Waals surface area contributed by atoms with E-state index in [9.17, 15) is 4.79 Å². The van der Waals surface area contributed by atoms with Crippen molar-refractivity contribution in [2.45, 2.75) is 38.6 Å². The molecule has 1 aliphatic rings. The summed E-state index contributed by atoms with van der Waals surface area (Å²) in [5.74, 6) is 0.775. The maximum atomic E-state index is 12.2. The number of hydrogen-bond acceptors (Lipinski definition) is 4. The van der Waals surface area contributed by atoms with Crippen molar-refractivity contribution in [3.63, 3.8) is 0 Å². The highest BCUT2D eigenvalue weighted by molar-refractivity contribution is 7.20. The summed E-state index contributed by atoms with van der Waals surface area (Å²) >= 11 is 3.19. The Balaban J connectivity index is 1.63. The van der Waals surface area contributed by atoms with E-state index in [-0.39, 0.29) is 5.91 Å². The first-order valence-electron chi connectivity index (χ1n) is 7.02. The number of thiophene rings is 1. The van der Waals surface area contributed by atoms with Gasteiger partial charge in [-0.25, -0.2) is 4.98 Å². The van der Waals surface area contributed by atoms with Gasteiger partial charge in [0.25, 0.3) is 5.91 Å². The van der Waals surface area contributed by atoms with E-state index in [1.807, 2.05) is 22.9 Å². The molecule has 1 fully saturated rings. The van der Waals surface area contributed by atoms with Gasteiger partial charge in [0.2, 0.25) is 0 Å². The summed E-state index contributed by atoms with van der Waals surface area (Å²) in [4.78, 5) is 17.8. The number of aromatic nitrogens is 1. The van der Waals surface area contributed by atoms with Gasteiger partial charge in [0.1, 0.15) is 10.7 Å². The molecule has 0 bridgehead atoms. The van der Waals surface area contributed by atoms with Crippen LogP contribution in [-0.4, -0.2) is 16.9 Å². The topological polar surface area (TPSA) is 42.0 Å². The van der Waals surface area contributed by atoms with Crippen LogP contribution in [0.3, 0.4) is 0 Å². The third-order valence-electron chi connectivity index (χ3n) is 3.82. The minimum absolute atomic E-state index is 0.0244. The Labute approximate surface area is 127 Å². The van der Waals surface area contributed by atoms with Gasteiger partial charge in [0, 0.05) is 11.4 Å². The number of carbonyl (C=O) groups excluding carboxylic acids is 1. The van der Waals surface area contributed by atoms with Crippen molar-refractivity contribution in [3.05, 3.63) is 28.6 Å². The fraction of sp³-hybridized carbons (Fsp3) is 0.467. The van der Waals surface area contributed by atoms with Crippen molar-refractivity contribution in [2.75, 3.05) is 0 Å². The first kappa shape index (κ1) is 13.8. The highest BCUT2D eigenvalue weighted by Gasteiger charge is 2.21. The molecular weight excluding hydrogens is 288 g/mol. The van der Waals surface area contributed by atoms with E-state index in [1.54, 1.807) is 11.3 Å². The van der Waals surface area contributed by atoms with Crippen LogP contribution in [0.25, 0.3) is 9.88 Å². The molecule has 20 heavy (non-hydrogen) atoms. The minimum Gasteiger partial charge on any atom is -0.348 e.